The molecule has 2 rings (SSSR count). The summed E-state index contributed by atoms with van der Waals surface area (Å²) in [6, 6.07) is 7.72. The highest BCUT2D eigenvalue weighted by atomic mass is 16.6. The van der Waals surface area contributed by atoms with E-state index in [2.05, 4.69) is 5.32 Å². The van der Waals surface area contributed by atoms with Crippen molar-refractivity contribution in [1.29, 1.82) is 0 Å². The van der Waals surface area contributed by atoms with Gasteiger partial charge in [-0.15, -0.1) is 0 Å². The normalized spacial score (nSPS) is 17.8. The number of nitrogens with one attached hydrogen (secondary N) is 1. The molecular weight excluding hydrogens is 390 g/mol. The van der Waals surface area contributed by atoms with Crippen LogP contribution in [0.15, 0.2) is 30.3 Å². The molecule has 9 heteroatoms. The fourth-order valence-electron chi connectivity index (χ4n) is 3.07. The zero-order chi connectivity index (χ0) is 22.3. The van der Waals surface area contributed by atoms with Crippen LogP contribution in [0.4, 0.5) is 9.59 Å². The predicted molar refractivity (Wildman–Crippen MR) is 110 cm³/mol. The second-order valence-electron chi connectivity index (χ2n) is 8.25. The number of alkyl carbamates (subject to hydrolysis) is 1. The number of hydrogen-bond acceptors (Lipinski definition) is 6. The molecule has 0 radical (unpaired) electrons. The molecule has 0 aliphatic carbocycles. The van der Waals surface area contributed by atoms with Crippen LogP contribution in [0, 0.1) is 0 Å². The van der Waals surface area contributed by atoms with E-state index in [9.17, 15) is 19.5 Å². The first-order valence-corrected chi connectivity index (χ1v) is 9.97. The van der Waals surface area contributed by atoms with Gasteiger partial charge in [0.05, 0.1) is 6.61 Å². The third-order valence-corrected chi connectivity index (χ3v) is 4.55. The Hall–Kier alpha value is -2.81. The summed E-state index contributed by atoms with van der Waals surface area (Å²) in [5.74, 6) is -0.425. The molecule has 1 fully saturated rings. The van der Waals surface area contributed by atoms with E-state index < -0.39 is 36.3 Å². The number of nitrogens with zero attached hydrogens (tertiary/aromatic N) is 2. The van der Waals surface area contributed by atoms with E-state index in [1.54, 1.807) is 37.5 Å². The molecule has 1 aromatic carbocycles. The number of hydrogen-bond donors (Lipinski definition) is 2. The number of carbonyl (C=O) groups is 3. The van der Waals surface area contributed by atoms with Crippen LogP contribution < -0.4 is 5.32 Å². The summed E-state index contributed by atoms with van der Waals surface area (Å²) in [4.78, 5) is 40.2. The maximum atomic E-state index is 12.8. The SMILES string of the molecule is CC1CN(C(=O)OC(C)(C)C)CCN1C(=O)[C@@H](CO)NC(=O)OCc1ccccc1. The number of aliphatic hydroxyl groups excluding tert-OH is 1. The third-order valence-electron chi connectivity index (χ3n) is 4.55. The number of rotatable bonds is 5. The van der Waals surface area contributed by atoms with Gasteiger partial charge in [0.15, 0.2) is 0 Å². The van der Waals surface area contributed by atoms with Gasteiger partial charge in [0.1, 0.15) is 18.2 Å². The first-order chi connectivity index (χ1) is 14.1. The van der Waals surface area contributed by atoms with Crippen molar-refractivity contribution < 1.29 is 29.0 Å². The van der Waals surface area contributed by atoms with E-state index in [-0.39, 0.29) is 19.2 Å². The van der Waals surface area contributed by atoms with Gasteiger partial charge < -0.3 is 29.7 Å². The van der Waals surface area contributed by atoms with Gasteiger partial charge in [-0.1, -0.05) is 30.3 Å². The molecule has 1 heterocycles. The predicted octanol–water partition coefficient (Wildman–Crippen LogP) is 1.74. The van der Waals surface area contributed by atoms with Crippen molar-refractivity contribution in [3.8, 4) is 0 Å². The molecule has 2 atom stereocenters. The zero-order valence-electron chi connectivity index (χ0n) is 18.0. The molecule has 3 amide bonds. The van der Waals surface area contributed by atoms with Gasteiger partial charge in [-0.2, -0.15) is 0 Å². The fourth-order valence-corrected chi connectivity index (χ4v) is 3.07. The van der Waals surface area contributed by atoms with Crippen LogP contribution in [-0.2, 0) is 20.9 Å². The van der Waals surface area contributed by atoms with E-state index in [1.165, 1.54) is 0 Å². The van der Waals surface area contributed by atoms with Crippen LogP contribution in [0.3, 0.4) is 0 Å². The van der Waals surface area contributed by atoms with Crippen molar-refractivity contribution >= 4 is 18.1 Å². The number of benzene rings is 1. The van der Waals surface area contributed by atoms with Crippen molar-refractivity contribution in [2.75, 3.05) is 26.2 Å². The topological polar surface area (TPSA) is 108 Å². The Bertz CT molecular complexity index is 734. The smallest absolute Gasteiger partial charge is 0.410 e. The van der Waals surface area contributed by atoms with Gasteiger partial charge in [-0.25, -0.2) is 9.59 Å². The molecule has 9 nitrogen and oxygen atoms in total. The van der Waals surface area contributed by atoms with Gasteiger partial charge in [-0.3, -0.25) is 4.79 Å². The summed E-state index contributed by atoms with van der Waals surface area (Å²) in [6.45, 7) is 7.57. The van der Waals surface area contributed by atoms with Crippen molar-refractivity contribution in [3.63, 3.8) is 0 Å². The van der Waals surface area contributed by atoms with Gasteiger partial charge in [0.25, 0.3) is 0 Å². The highest BCUT2D eigenvalue weighted by molar-refractivity contribution is 5.86. The molecule has 30 heavy (non-hydrogen) atoms. The Balaban J connectivity index is 1.87. The van der Waals surface area contributed by atoms with Crippen LogP contribution >= 0.6 is 0 Å². The van der Waals surface area contributed by atoms with Crippen LogP contribution in [0.2, 0.25) is 0 Å². The Kier molecular flexibility index (Phi) is 8.05. The third kappa shape index (κ3) is 6.91. The maximum Gasteiger partial charge on any atom is 0.410 e. The number of amides is 3. The molecular formula is C21H31N3O6. The Morgan fingerprint density at radius 2 is 1.87 bits per heavy atom. The lowest BCUT2D eigenvalue weighted by atomic mass is 10.1. The number of piperazine rings is 1. The highest BCUT2D eigenvalue weighted by Gasteiger charge is 2.35. The molecule has 1 aromatic rings. The minimum Gasteiger partial charge on any atom is -0.445 e. The van der Waals surface area contributed by atoms with E-state index >= 15 is 0 Å². The second kappa shape index (κ2) is 10.3. The number of ether oxygens (including phenoxy) is 2. The van der Waals surface area contributed by atoms with E-state index in [4.69, 9.17) is 9.47 Å². The van der Waals surface area contributed by atoms with Gasteiger partial charge >= 0.3 is 12.2 Å². The van der Waals surface area contributed by atoms with Crippen molar-refractivity contribution in [1.82, 2.24) is 15.1 Å². The maximum absolute atomic E-state index is 12.8. The molecule has 1 saturated heterocycles. The lowest BCUT2D eigenvalue weighted by molar-refractivity contribution is -0.138. The number of carbonyl (C=O) groups excluding carboxylic acids is 3. The molecule has 0 bridgehead atoms. The minimum absolute atomic E-state index is 0.0595. The molecule has 1 unspecified atom stereocenters. The molecule has 166 valence electrons. The van der Waals surface area contributed by atoms with Crippen LogP contribution in [0.1, 0.15) is 33.3 Å². The van der Waals surface area contributed by atoms with Crippen molar-refractivity contribution in [3.05, 3.63) is 35.9 Å². The average molecular weight is 421 g/mol. The first-order valence-electron chi connectivity index (χ1n) is 9.97. The fraction of sp³-hybridized carbons (Fsp3) is 0.571. The van der Waals surface area contributed by atoms with Gasteiger partial charge in [0, 0.05) is 25.7 Å². The van der Waals surface area contributed by atoms with Gasteiger partial charge in [0.2, 0.25) is 5.91 Å². The van der Waals surface area contributed by atoms with E-state index in [1.807, 2.05) is 30.3 Å². The quantitative estimate of drug-likeness (QED) is 0.750. The Labute approximate surface area is 176 Å². The lowest BCUT2D eigenvalue weighted by Gasteiger charge is -2.41. The minimum atomic E-state index is -1.12. The van der Waals surface area contributed by atoms with Gasteiger partial charge in [-0.05, 0) is 33.3 Å². The second-order valence-corrected chi connectivity index (χ2v) is 8.25. The Morgan fingerprint density at radius 3 is 2.43 bits per heavy atom. The molecule has 0 saturated carbocycles. The van der Waals surface area contributed by atoms with Crippen LogP contribution in [0.5, 0.6) is 0 Å². The van der Waals surface area contributed by atoms with Crippen molar-refractivity contribution in [2.45, 2.75) is 52.0 Å². The molecule has 0 spiro atoms. The summed E-state index contributed by atoms with van der Waals surface area (Å²) < 4.78 is 10.5. The van der Waals surface area contributed by atoms with E-state index in [0.717, 1.165) is 5.56 Å². The van der Waals surface area contributed by atoms with Crippen LogP contribution in [0.25, 0.3) is 0 Å². The van der Waals surface area contributed by atoms with E-state index in [0.29, 0.717) is 13.1 Å². The first kappa shape index (κ1) is 23.5. The van der Waals surface area contributed by atoms with Crippen molar-refractivity contribution in [2.24, 2.45) is 0 Å². The monoisotopic (exact) mass is 421 g/mol. The standard InChI is InChI=1S/C21H31N3O6/c1-15-12-23(20(28)30-21(2,3)4)10-11-24(15)18(26)17(13-25)22-19(27)29-14-16-8-6-5-7-9-16/h5-9,15,17,25H,10-14H2,1-4H3,(H,22,27)/t15?,17-/m1/s1. The summed E-state index contributed by atoms with van der Waals surface area (Å²) in [5, 5.41) is 12.0. The summed E-state index contributed by atoms with van der Waals surface area (Å²) in [6.07, 6.45) is -1.21. The molecule has 0 aromatic heterocycles. The van der Waals surface area contributed by atoms with Crippen LogP contribution in [-0.4, -0.2) is 76.9 Å². The molecule has 1 aliphatic rings. The summed E-state index contributed by atoms with van der Waals surface area (Å²) in [5.41, 5.74) is 0.214. The summed E-state index contributed by atoms with van der Waals surface area (Å²) >= 11 is 0. The zero-order valence-corrected chi connectivity index (χ0v) is 18.0. The summed E-state index contributed by atoms with van der Waals surface area (Å²) in [7, 11) is 0. The lowest BCUT2D eigenvalue weighted by Crippen LogP contribution is -2.60. The highest BCUT2D eigenvalue weighted by Crippen LogP contribution is 2.16. The molecule has 1 aliphatic heterocycles. The Morgan fingerprint density at radius 1 is 1.20 bits per heavy atom. The average Bonchev–Trinajstić information content (AvgIpc) is 2.69. The molecule has 2 N–H and O–H groups in total. The number of aliphatic hydroxyl groups is 1. The largest absolute Gasteiger partial charge is 0.445 e.